The molecule has 2 rings (SSSR count). The van der Waals surface area contributed by atoms with Crippen molar-refractivity contribution >= 4 is 23.6 Å². The standard InChI is InChI=1S/C16H25N7OS/c1-12-13(23-11-22-12)9-25-8-7-20-15(21-10-17)19-6-5-18-14(24)16(2)3-4-16/h11H,3-9H2,1-2H3,(H,18,24)(H,22,23)(H2,19,20,21). The van der Waals surface area contributed by atoms with Gasteiger partial charge in [0.05, 0.1) is 18.6 Å². The molecule has 1 aliphatic rings. The summed E-state index contributed by atoms with van der Waals surface area (Å²) in [7, 11) is 0. The highest BCUT2D eigenvalue weighted by Crippen LogP contribution is 2.44. The number of hydrogen-bond donors (Lipinski definition) is 4. The molecule has 1 saturated carbocycles. The summed E-state index contributed by atoms with van der Waals surface area (Å²) in [6.07, 6.45) is 5.50. The SMILES string of the molecule is Cc1[nH]cnc1CSCCN=C(NC#N)NCCNC(=O)C1(C)CC1. The third kappa shape index (κ3) is 6.31. The fraction of sp³-hybridized carbons (Fsp3) is 0.625. The third-order valence-corrected chi connectivity index (χ3v) is 5.05. The summed E-state index contributed by atoms with van der Waals surface area (Å²) in [4.78, 5) is 23.5. The molecule has 1 fully saturated rings. The van der Waals surface area contributed by atoms with Gasteiger partial charge in [-0.15, -0.1) is 0 Å². The van der Waals surface area contributed by atoms with E-state index in [0.29, 0.717) is 25.6 Å². The molecule has 4 N–H and O–H groups in total. The van der Waals surface area contributed by atoms with Crippen molar-refractivity contribution in [2.75, 3.05) is 25.4 Å². The van der Waals surface area contributed by atoms with Crippen molar-refractivity contribution in [2.24, 2.45) is 10.4 Å². The number of aromatic nitrogens is 2. The Balaban J connectivity index is 1.61. The molecule has 1 amide bonds. The van der Waals surface area contributed by atoms with Crippen molar-refractivity contribution in [3.63, 3.8) is 0 Å². The lowest BCUT2D eigenvalue weighted by molar-refractivity contribution is -0.125. The average Bonchev–Trinajstić information content (AvgIpc) is 3.22. The number of imidazole rings is 1. The first-order valence-electron chi connectivity index (χ1n) is 8.33. The van der Waals surface area contributed by atoms with Gasteiger partial charge in [-0.25, -0.2) is 4.98 Å². The molecule has 25 heavy (non-hydrogen) atoms. The molecule has 0 bridgehead atoms. The van der Waals surface area contributed by atoms with Gasteiger partial charge in [0.2, 0.25) is 11.9 Å². The van der Waals surface area contributed by atoms with Crippen molar-refractivity contribution in [2.45, 2.75) is 32.4 Å². The zero-order valence-electron chi connectivity index (χ0n) is 14.7. The van der Waals surface area contributed by atoms with E-state index in [1.54, 1.807) is 18.1 Å². The summed E-state index contributed by atoms with van der Waals surface area (Å²) in [6, 6.07) is 0. The number of nitriles is 1. The Bertz CT molecular complexity index is 645. The molecule has 8 nitrogen and oxygen atoms in total. The van der Waals surface area contributed by atoms with Gasteiger partial charge in [0.15, 0.2) is 6.19 Å². The number of H-pyrrole nitrogens is 1. The van der Waals surface area contributed by atoms with Crippen LogP contribution in [0.3, 0.4) is 0 Å². The van der Waals surface area contributed by atoms with Gasteiger partial charge < -0.3 is 15.6 Å². The summed E-state index contributed by atoms with van der Waals surface area (Å²) in [6.45, 7) is 5.60. The summed E-state index contributed by atoms with van der Waals surface area (Å²) < 4.78 is 0. The van der Waals surface area contributed by atoms with Crippen LogP contribution >= 0.6 is 11.8 Å². The molecule has 9 heteroatoms. The second-order valence-corrected chi connectivity index (χ2v) is 7.34. The minimum absolute atomic E-state index is 0.103. The van der Waals surface area contributed by atoms with E-state index in [2.05, 4.69) is 30.9 Å². The second-order valence-electron chi connectivity index (χ2n) is 6.24. The van der Waals surface area contributed by atoms with Crippen LogP contribution in [0.25, 0.3) is 0 Å². The van der Waals surface area contributed by atoms with Crippen LogP contribution in [0, 0.1) is 23.8 Å². The highest BCUT2D eigenvalue weighted by molar-refractivity contribution is 7.98. The molecule has 0 aliphatic heterocycles. The molecule has 0 radical (unpaired) electrons. The van der Waals surface area contributed by atoms with E-state index in [-0.39, 0.29) is 11.3 Å². The summed E-state index contributed by atoms with van der Waals surface area (Å²) in [5.41, 5.74) is 1.99. The van der Waals surface area contributed by atoms with Gasteiger partial charge >= 0.3 is 0 Å². The van der Waals surface area contributed by atoms with Crippen molar-refractivity contribution in [3.8, 4) is 6.19 Å². The first-order chi connectivity index (χ1) is 12.0. The molecular weight excluding hydrogens is 338 g/mol. The number of aryl methyl sites for hydroxylation is 1. The number of thioether (sulfide) groups is 1. The predicted octanol–water partition coefficient (Wildman–Crippen LogP) is 0.884. The number of aliphatic imine (C=N–C) groups is 1. The van der Waals surface area contributed by atoms with Crippen LogP contribution in [0.1, 0.15) is 31.2 Å². The van der Waals surface area contributed by atoms with Gasteiger partial charge in [0.25, 0.3) is 0 Å². The van der Waals surface area contributed by atoms with Crippen LogP contribution in [0.15, 0.2) is 11.3 Å². The number of carbonyl (C=O) groups is 1. The second kappa shape index (κ2) is 9.32. The van der Waals surface area contributed by atoms with Gasteiger partial charge in [-0.3, -0.25) is 15.1 Å². The van der Waals surface area contributed by atoms with E-state index in [1.807, 2.05) is 20.0 Å². The lowest BCUT2D eigenvalue weighted by atomic mass is 10.1. The van der Waals surface area contributed by atoms with Crippen LogP contribution in [-0.4, -0.2) is 47.2 Å². The maximum Gasteiger partial charge on any atom is 0.225 e. The Morgan fingerprint density at radius 3 is 2.88 bits per heavy atom. The lowest BCUT2D eigenvalue weighted by Crippen LogP contribution is -2.41. The van der Waals surface area contributed by atoms with E-state index in [0.717, 1.165) is 35.7 Å². The fourth-order valence-electron chi connectivity index (χ4n) is 2.10. The zero-order valence-corrected chi connectivity index (χ0v) is 15.5. The van der Waals surface area contributed by atoms with E-state index >= 15 is 0 Å². The van der Waals surface area contributed by atoms with Crippen LogP contribution < -0.4 is 16.0 Å². The van der Waals surface area contributed by atoms with Gasteiger partial charge in [-0.2, -0.15) is 17.0 Å². The minimum atomic E-state index is -0.161. The molecule has 1 aromatic heterocycles. The van der Waals surface area contributed by atoms with Crippen molar-refractivity contribution in [3.05, 3.63) is 17.7 Å². The summed E-state index contributed by atoms with van der Waals surface area (Å²) in [5.74, 6) is 2.21. The molecular formula is C16H25N7OS. The van der Waals surface area contributed by atoms with Crippen LogP contribution in [0.2, 0.25) is 0 Å². The molecule has 1 aromatic rings. The van der Waals surface area contributed by atoms with Crippen molar-refractivity contribution < 1.29 is 4.79 Å². The van der Waals surface area contributed by atoms with E-state index in [9.17, 15) is 4.79 Å². The van der Waals surface area contributed by atoms with Crippen LogP contribution in [0.5, 0.6) is 0 Å². The number of nitrogens with one attached hydrogen (secondary N) is 4. The largest absolute Gasteiger partial charge is 0.354 e. The molecule has 0 unspecified atom stereocenters. The fourth-order valence-corrected chi connectivity index (χ4v) is 2.95. The van der Waals surface area contributed by atoms with Crippen molar-refractivity contribution in [1.82, 2.24) is 25.9 Å². The third-order valence-electron chi connectivity index (χ3n) is 4.10. The number of guanidine groups is 1. The smallest absolute Gasteiger partial charge is 0.225 e. The Morgan fingerprint density at radius 1 is 1.48 bits per heavy atom. The maximum atomic E-state index is 11.8. The molecule has 0 aromatic carbocycles. The number of amides is 1. The minimum Gasteiger partial charge on any atom is -0.354 e. The average molecular weight is 363 g/mol. The van der Waals surface area contributed by atoms with Crippen LogP contribution in [-0.2, 0) is 10.5 Å². The van der Waals surface area contributed by atoms with Gasteiger partial charge in [0, 0.05) is 35.7 Å². The molecule has 1 heterocycles. The quantitative estimate of drug-likeness (QED) is 0.170. The van der Waals surface area contributed by atoms with Gasteiger partial charge in [-0.05, 0) is 19.8 Å². The Hall–Kier alpha value is -2.21. The Morgan fingerprint density at radius 2 is 2.24 bits per heavy atom. The molecule has 136 valence electrons. The highest BCUT2D eigenvalue weighted by Gasteiger charge is 2.44. The molecule has 1 aliphatic carbocycles. The van der Waals surface area contributed by atoms with E-state index in [1.165, 1.54) is 0 Å². The Kier molecular flexibility index (Phi) is 7.13. The topological polar surface area (TPSA) is 118 Å². The normalized spacial score (nSPS) is 15.3. The van der Waals surface area contributed by atoms with E-state index < -0.39 is 0 Å². The molecule has 0 spiro atoms. The van der Waals surface area contributed by atoms with Crippen LogP contribution in [0.4, 0.5) is 0 Å². The molecule has 0 atom stereocenters. The highest BCUT2D eigenvalue weighted by atomic mass is 32.2. The zero-order chi connectivity index (χ0) is 18.1. The number of hydrogen-bond acceptors (Lipinski definition) is 5. The number of aromatic amines is 1. The predicted molar refractivity (Wildman–Crippen MR) is 98.9 cm³/mol. The lowest BCUT2D eigenvalue weighted by Gasteiger charge is -2.11. The van der Waals surface area contributed by atoms with Gasteiger partial charge in [-0.1, -0.05) is 6.92 Å². The summed E-state index contributed by atoms with van der Waals surface area (Å²) in [5, 5.41) is 17.3. The summed E-state index contributed by atoms with van der Waals surface area (Å²) >= 11 is 1.74. The monoisotopic (exact) mass is 363 g/mol. The maximum absolute atomic E-state index is 11.8. The van der Waals surface area contributed by atoms with E-state index in [4.69, 9.17) is 5.26 Å². The van der Waals surface area contributed by atoms with Crippen molar-refractivity contribution in [1.29, 1.82) is 5.26 Å². The number of carbonyl (C=O) groups excluding carboxylic acids is 1. The molecule has 0 saturated heterocycles. The first kappa shape index (κ1) is 19.1. The Labute approximate surface area is 152 Å². The first-order valence-corrected chi connectivity index (χ1v) is 9.49. The van der Waals surface area contributed by atoms with Gasteiger partial charge in [0.1, 0.15) is 0 Å². The number of rotatable bonds is 9. The number of nitrogens with zero attached hydrogens (tertiary/aromatic N) is 3.